The van der Waals surface area contributed by atoms with E-state index in [2.05, 4.69) is 4.18 Å². The second kappa shape index (κ2) is 9.39. The number of hydrogen-bond acceptors (Lipinski definition) is 11. The minimum Gasteiger partial charge on any atom is -0.726 e. The van der Waals surface area contributed by atoms with Crippen LogP contribution in [0.25, 0.3) is 11.0 Å². The van der Waals surface area contributed by atoms with Crippen molar-refractivity contribution in [2.75, 3.05) is 6.61 Å². The minimum absolute atomic E-state index is 0. The van der Waals surface area contributed by atoms with Crippen molar-refractivity contribution in [3.05, 3.63) is 40.2 Å². The Kier molecular flexibility index (Phi) is 7.84. The molecule has 2 heterocycles. The Morgan fingerprint density at radius 2 is 1.83 bits per heavy atom. The summed E-state index contributed by atoms with van der Waals surface area (Å²) in [6, 6.07) is 5.79. The van der Waals surface area contributed by atoms with Crippen molar-refractivity contribution in [1.82, 2.24) is 0 Å². The first kappa shape index (κ1) is 24.2. The van der Waals surface area contributed by atoms with Crippen LogP contribution in [0.3, 0.4) is 0 Å². The summed E-state index contributed by atoms with van der Waals surface area (Å²) in [5.41, 5.74) is 0.331. The average molecular weight is 440 g/mol. The molecule has 1 aromatic heterocycles. The Labute approximate surface area is 187 Å². The van der Waals surface area contributed by atoms with Crippen molar-refractivity contribution in [2.45, 2.75) is 37.6 Å². The Morgan fingerprint density at radius 3 is 2.48 bits per heavy atom. The van der Waals surface area contributed by atoms with Crippen LogP contribution in [0.4, 0.5) is 0 Å². The Balaban J connectivity index is 0.00000300. The van der Waals surface area contributed by atoms with Gasteiger partial charge in [0.05, 0.1) is 6.61 Å². The molecule has 29 heavy (non-hydrogen) atoms. The molecular formula is C16H17NaO11S. The number of aliphatic hydroxyl groups is 3. The first-order valence-corrected chi connectivity index (χ1v) is 9.39. The van der Waals surface area contributed by atoms with E-state index in [1.807, 2.05) is 0 Å². The molecule has 1 saturated heterocycles. The molecular weight excluding hydrogens is 423 g/mol. The maximum Gasteiger partial charge on any atom is 1.00 e. The van der Waals surface area contributed by atoms with Gasteiger partial charge in [0.15, 0.2) is 0 Å². The molecule has 5 atom stereocenters. The standard InChI is InChI=1S/C16H18O11S.Na/c1-7-4-12(17)26-10-5-8(2-3-9(7)10)25-16-15(20)14(19)13(18)11(27-16)6-24-28(21,22)23;/h2-5,11,13-16,18-20H,6H2,1H3,(H,21,22,23);/q;+1/p-1/t11?,13-,14-,15-,16+;/m0./s1. The van der Waals surface area contributed by atoms with Crippen LogP contribution in [0.5, 0.6) is 5.75 Å². The first-order chi connectivity index (χ1) is 13.0. The van der Waals surface area contributed by atoms with Gasteiger partial charge in [0.1, 0.15) is 35.7 Å². The number of aliphatic hydroxyl groups excluding tert-OH is 3. The van der Waals surface area contributed by atoms with Crippen LogP contribution in [0.1, 0.15) is 5.56 Å². The van der Waals surface area contributed by atoms with Gasteiger partial charge in [-0.05, 0) is 24.6 Å². The van der Waals surface area contributed by atoms with Crippen molar-refractivity contribution >= 4 is 21.4 Å². The third-order valence-corrected chi connectivity index (χ3v) is 4.64. The molecule has 11 nitrogen and oxygen atoms in total. The Hall–Kier alpha value is -1.06. The van der Waals surface area contributed by atoms with Gasteiger partial charge < -0.3 is 33.8 Å². The molecule has 1 aromatic carbocycles. The quantitative estimate of drug-likeness (QED) is 0.178. The number of hydrogen-bond donors (Lipinski definition) is 3. The average Bonchev–Trinajstić information content (AvgIpc) is 2.60. The predicted molar refractivity (Wildman–Crippen MR) is 90.2 cm³/mol. The van der Waals surface area contributed by atoms with E-state index in [9.17, 15) is 33.1 Å². The van der Waals surface area contributed by atoms with Gasteiger partial charge in [0, 0.05) is 17.5 Å². The number of benzene rings is 1. The SMILES string of the molecule is Cc1cc(=O)oc2cc(O[C@@H]3OC(COS(=O)(=O)[O-])[C@H](O)[C@H](O)[C@@H]3O)ccc12.[Na+]. The molecule has 154 valence electrons. The van der Waals surface area contributed by atoms with E-state index >= 15 is 0 Å². The number of aryl methyl sites for hydroxylation is 1. The van der Waals surface area contributed by atoms with E-state index < -0.39 is 53.3 Å². The third kappa shape index (κ3) is 5.76. The predicted octanol–water partition coefficient (Wildman–Crippen LogP) is -4.23. The first-order valence-electron chi connectivity index (χ1n) is 8.06. The van der Waals surface area contributed by atoms with E-state index in [-0.39, 0.29) is 40.9 Å². The zero-order valence-corrected chi connectivity index (χ0v) is 18.2. The molecule has 0 aliphatic carbocycles. The fourth-order valence-electron chi connectivity index (χ4n) is 2.81. The number of rotatable bonds is 5. The Morgan fingerprint density at radius 1 is 1.14 bits per heavy atom. The normalized spacial score (nSPS) is 27.4. The summed E-state index contributed by atoms with van der Waals surface area (Å²) in [4.78, 5) is 11.5. The summed E-state index contributed by atoms with van der Waals surface area (Å²) in [7, 11) is -5.05. The van der Waals surface area contributed by atoms with Gasteiger partial charge in [-0.3, -0.25) is 4.18 Å². The molecule has 3 N–H and O–H groups in total. The number of ether oxygens (including phenoxy) is 2. The fraction of sp³-hybridized carbons (Fsp3) is 0.438. The molecule has 1 aliphatic heterocycles. The van der Waals surface area contributed by atoms with Gasteiger partial charge in [-0.25, -0.2) is 13.2 Å². The topological polar surface area (TPSA) is 176 Å². The summed E-state index contributed by atoms with van der Waals surface area (Å²) >= 11 is 0. The van der Waals surface area contributed by atoms with Crippen molar-refractivity contribution in [3.63, 3.8) is 0 Å². The molecule has 2 aromatic rings. The molecule has 1 aliphatic rings. The molecule has 0 amide bonds. The summed E-state index contributed by atoms with van der Waals surface area (Å²) < 4.78 is 51.6. The van der Waals surface area contributed by atoms with Gasteiger partial charge in [-0.15, -0.1) is 0 Å². The van der Waals surface area contributed by atoms with E-state index in [0.717, 1.165) is 0 Å². The van der Waals surface area contributed by atoms with Crippen LogP contribution in [-0.2, 0) is 19.3 Å². The van der Waals surface area contributed by atoms with E-state index in [4.69, 9.17) is 13.9 Å². The summed E-state index contributed by atoms with van der Waals surface area (Å²) in [6.45, 7) is 0.836. The van der Waals surface area contributed by atoms with Crippen LogP contribution >= 0.6 is 0 Å². The van der Waals surface area contributed by atoms with Crippen LogP contribution in [0, 0.1) is 6.92 Å². The number of fused-ring (bicyclic) bond motifs is 1. The van der Waals surface area contributed by atoms with Crippen molar-refractivity contribution in [1.29, 1.82) is 0 Å². The molecule has 0 spiro atoms. The fourth-order valence-corrected chi connectivity index (χ4v) is 3.12. The molecule has 13 heteroatoms. The minimum atomic E-state index is -5.05. The Bertz CT molecular complexity index is 1020. The maximum absolute atomic E-state index is 11.5. The van der Waals surface area contributed by atoms with Gasteiger partial charge in [-0.1, -0.05) is 0 Å². The second-order valence-electron chi connectivity index (χ2n) is 6.23. The molecule has 1 unspecified atom stereocenters. The van der Waals surface area contributed by atoms with E-state index in [1.165, 1.54) is 18.2 Å². The van der Waals surface area contributed by atoms with Crippen molar-refractivity contribution in [2.24, 2.45) is 0 Å². The van der Waals surface area contributed by atoms with Gasteiger partial charge in [0.25, 0.3) is 0 Å². The van der Waals surface area contributed by atoms with Crippen LogP contribution in [-0.4, -0.2) is 65.6 Å². The van der Waals surface area contributed by atoms with Crippen LogP contribution in [0.15, 0.2) is 33.5 Å². The van der Waals surface area contributed by atoms with Gasteiger partial charge in [-0.2, -0.15) is 0 Å². The monoisotopic (exact) mass is 440 g/mol. The van der Waals surface area contributed by atoms with Gasteiger partial charge in [0.2, 0.25) is 16.7 Å². The molecule has 0 bridgehead atoms. The second-order valence-corrected chi connectivity index (χ2v) is 7.28. The molecule has 0 radical (unpaired) electrons. The van der Waals surface area contributed by atoms with Crippen molar-refractivity contribution < 1.29 is 75.9 Å². The molecule has 1 fully saturated rings. The summed E-state index contributed by atoms with van der Waals surface area (Å²) in [5, 5.41) is 30.5. The van der Waals surface area contributed by atoms with E-state index in [1.54, 1.807) is 13.0 Å². The smallest absolute Gasteiger partial charge is 0.726 e. The largest absolute Gasteiger partial charge is 1.00 e. The van der Waals surface area contributed by atoms with E-state index in [0.29, 0.717) is 10.9 Å². The molecule has 3 rings (SSSR count). The molecule has 0 saturated carbocycles. The van der Waals surface area contributed by atoms with Crippen LogP contribution in [0.2, 0.25) is 0 Å². The zero-order valence-electron chi connectivity index (χ0n) is 15.4. The maximum atomic E-state index is 11.5. The van der Waals surface area contributed by atoms with Gasteiger partial charge >= 0.3 is 35.2 Å². The van der Waals surface area contributed by atoms with Crippen LogP contribution < -0.4 is 39.9 Å². The van der Waals surface area contributed by atoms with Crippen molar-refractivity contribution in [3.8, 4) is 5.75 Å². The zero-order chi connectivity index (χ0) is 20.6. The third-order valence-electron chi connectivity index (χ3n) is 4.22. The summed E-state index contributed by atoms with van der Waals surface area (Å²) in [5.74, 6) is 0.102. The summed E-state index contributed by atoms with van der Waals surface area (Å²) in [6.07, 6.45) is -8.19.